The number of methoxy groups -OCH3 is 2. The predicted molar refractivity (Wildman–Crippen MR) is 112 cm³/mol. The summed E-state index contributed by atoms with van der Waals surface area (Å²) in [6, 6.07) is 13.2. The number of ether oxygens (including phenoxy) is 3. The van der Waals surface area contributed by atoms with Crippen LogP contribution in [0.4, 0.5) is 0 Å². The number of rotatable bonds is 7. The van der Waals surface area contributed by atoms with Crippen LogP contribution in [0, 0.1) is 5.92 Å². The van der Waals surface area contributed by atoms with E-state index < -0.39 is 16.0 Å². The van der Waals surface area contributed by atoms with Gasteiger partial charge in [-0.3, -0.25) is 4.79 Å². The maximum absolute atomic E-state index is 13.1. The number of carbonyl (C=O) groups excluding carboxylic acids is 2. The van der Waals surface area contributed by atoms with Gasteiger partial charge in [0.05, 0.1) is 30.6 Å². The van der Waals surface area contributed by atoms with Gasteiger partial charge in [-0.1, -0.05) is 24.3 Å². The standard InChI is InChI=1S/C22H25NO7S/c1-28-18-9-7-16(8-10-18)15-30-21(24)17-11-13-23(14-12-17)31(26,27)20-6-4-3-5-19(20)22(25)29-2/h3-10,17H,11-15H2,1-2H3. The van der Waals surface area contributed by atoms with Crippen molar-refractivity contribution in [2.24, 2.45) is 5.92 Å². The third-order valence-electron chi connectivity index (χ3n) is 5.24. The molecule has 0 aliphatic carbocycles. The minimum absolute atomic E-state index is 0.00831. The molecular weight excluding hydrogens is 422 g/mol. The van der Waals surface area contributed by atoms with Crippen molar-refractivity contribution in [3.8, 4) is 5.75 Å². The van der Waals surface area contributed by atoms with Gasteiger partial charge in [-0.05, 0) is 42.7 Å². The summed E-state index contributed by atoms with van der Waals surface area (Å²) < 4.78 is 42.6. The third-order valence-corrected chi connectivity index (χ3v) is 7.19. The van der Waals surface area contributed by atoms with E-state index >= 15 is 0 Å². The van der Waals surface area contributed by atoms with Gasteiger partial charge >= 0.3 is 11.9 Å². The van der Waals surface area contributed by atoms with Gasteiger partial charge in [-0.2, -0.15) is 4.31 Å². The second-order valence-electron chi connectivity index (χ2n) is 7.12. The Hall–Kier alpha value is -2.91. The second kappa shape index (κ2) is 9.93. The van der Waals surface area contributed by atoms with Gasteiger partial charge < -0.3 is 14.2 Å². The molecule has 1 aliphatic heterocycles. The first-order valence-electron chi connectivity index (χ1n) is 9.84. The van der Waals surface area contributed by atoms with Crippen LogP contribution in [0.3, 0.4) is 0 Å². The Morgan fingerprint density at radius 2 is 1.65 bits per heavy atom. The van der Waals surface area contributed by atoms with Crippen molar-refractivity contribution in [3.63, 3.8) is 0 Å². The highest BCUT2D eigenvalue weighted by atomic mass is 32.2. The van der Waals surface area contributed by atoms with Crippen molar-refractivity contribution in [2.75, 3.05) is 27.3 Å². The maximum Gasteiger partial charge on any atom is 0.339 e. The molecule has 0 unspecified atom stereocenters. The zero-order valence-electron chi connectivity index (χ0n) is 17.4. The summed E-state index contributed by atoms with van der Waals surface area (Å²) in [6.07, 6.45) is 0.697. The number of benzene rings is 2. The van der Waals surface area contributed by atoms with Crippen molar-refractivity contribution in [1.29, 1.82) is 0 Å². The van der Waals surface area contributed by atoms with Crippen molar-refractivity contribution >= 4 is 22.0 Å². The van der Waals surface area contributed by atoms with Crippen molar-refractivity contribution in [3.05, 3.63) is 59.7 Å². The van der Waals surface area contributed by atoms with Crippen LogP contribution >= 0.6 is 0 Å². The normalized spacial score (nSPS) is 15.3. The minimum Gasteiger partial charge on any atom is -0.497 e. The molecule has 166 valence electrons. The fraction of sp³-hybridized carbons (Fsp3) is 0.364. The van der Waals surface area contributed by atoms with Crippen molar-refractivity contribution < 1.29 is 32.2 Å². The van der Waals surface area contributed by atoms with Crippen LogP contribution in [-0.2, 0) is 30.9 Å². The van der Waals surface area contributed by atoms with Crippen LogP contribution in [0.25, 0.3) is 0 Å². The molecule has 2 aromatic carbocycles. The topological polar surface area (TPSA) is 99.2 Å². The van der Waals surface area contributed by atoms with Crippen LogP contribution in [0.5, 0.6) is 5.75 Å². The largest absolute Gasteiger partial charge is 0.497 e. The summed E-state index contributed by atoms with van der Waals surface area (Å²) >= 11 is 0. The van der Waals surface area contributed by atoms with Gasteiger partial charge in [0, 0.05) is 13.1 Å². The lowest BCUT2D eigenvalue weighted by Crippen LogP contribution is -2.41. The summed E-state index contributed by atoms with van der Waals surface area (Å²) in [4.78, 5) is 24.3. The molecule has 1 saturated heterocycles. The number of hydrogen-bond donors (Lipinski definition) is 0. The summed E-state index contributed by atoms with van der Waals surface area (Å²) in [6.45, 7) is 0.480. The van der Waals surface area contributed by atoms with Gasteiger partial charge in [0.25, 0.3) is 0 Å². The number of sulfonamides is 1. The fourth-order valence-corrected chi connectivity index (χ4v) is 5.08. The average Bonchev–Trinajstić information content (AvgIpc) is 2.82. The molecule has 0 spiro atoms. The summed E-state index contributed by atoms with van der Waals surface area (Å²) in [5, 5.41) is 0. The van der Waals surface area contributed by atoms with E-state index in [9.17, 15) is 18.0 Å². The van der Waals surface area contributed by atoms with Gasteiger partial charge in [0.1, 0.15) is 12.4 Å². The molecule has 0 aromatic heterocycles. The van der Waals surface area contributed by atoms with Gasteiger partial charge in [-0.25, -0.2) is 13.2 Å². The second-order valence-corrected chi connectivity index (χ2v) is 9.03. The monoisotopic (exact) mass is 447 g/mol. The smallest absolute Gasteiger partial charge is 0.339 e. The number of piperidine rings is 1. The molecule has 0 bridgehead atoms. The summed E-state index contributed by atoms with van der Waals surface area (Å²) in [5.74, 6) is -0.711. The number of esters is 2. The molecule has 0 saturated carbocycles. The van der Waals surface area contributed by atoms with E-state index in [1.165, 1.54) is 23.5 Å². The Kier molecular flexibility index (Phi) is 7.29. The van der Waals surface area contributed by atoms with Crippen LogP contribution < -0.4 is 4.74 Å². The number of carbonyl (C=O) groups is 2. The molecule has 0 atom stereocenters. The molecule has 31 heavy (non-hydrogen) atoms. The van der Waals surface area contributed by atoms with Crippen LogP contribution in [0.1, 0.15) is 28.8 Å². The Bertz CT molecular complexity index is 1030. The van der Waals surface area contributed by atoms with E-state index in [-0.39, 0.29) is 42.0 Å². The first kappa shape index (κ1) is 22.8. The average molecular weight is 448 g/mol. The fourth-order valence-electron chi connectivity index (χ4n) is 3.44. The van der Waals surface area contributed by atoms with E-state index in [0.29, 0.717) is 12.8 Å². The number of hydrogen-bond acceptors (Lipinski definition) is 7. The molecule has 0 radical (unpaired) electrons. The highest BCUT2D eigenvalue weighted by Crippen LogP contribution is 2.27. The molecule has 0 N–H and O–H groups in total. The molecule has 1 heterocycles. The molecule has 2 aromatic rings. The van der Waals surface area contributed by atoms with Gasteiger partial charge in [-0.15, -0.1) is 0 Å². The van der Waals surface area contributed by atoms with Crippen molar-refractivity contribution in [1.82, 2.24) is 4.31 Å². The zero-order valence-corrected chi connectivity index (χ0v) is 18.3. The lowest BCUT2D eigenvalue weighted by atomic mass is 9.98. The third kappa shape index (κ3) is 5.23. The molecule has 9 heteroatoms. The van der Waals surface area contributed by atoms with E-state index in [1.807, 2.05) is 12.1 Å². The molecule has 3 rings (SSSR count). The van der Waals surface area contributed by atoms with Crippen LogP contribution in [-0.4, -0.2) is 52.0 Å². The van der Waals surface area contributed by atoms with E-state index in [0.717, 1.165) is 11.3 Å². The molecule has 0 amide bonds. The Balaban J connectivity index is 1.59. The maximum atomic E-state index is 13.1. The minimum atomic E-state index is -3.89. The first-order chi connectivity index (χ1) is 14.9. The van der Waals surface area contributed by atoms with Gasteiger partial charge in [0.2, 0.25) is 10.0 Å². The first-order valence-corrected chi connectivity index (χ1v) is 11.3. The predicted octanol–water partition coefficient (Wildman–Crippen LogP) is 2.63. The van der Waals surface area contributed by atoms with Gasteiger partial charge in [0.15, 0.2) is 0 Å². The number of nitrogens with zero attached hydrogens (tertiary/aromatic N) is 1. The highest BCUT2D eigenvalue weighted by Gasteiger charge is 2.34. The van der Waals surface area contributed by atoms with E-state index in [2.05, 4.69) is 0 Å². The quantitative estimate of drug-likeness (QED) is 0.602. The Morgan fingerprint density at radius 1 is 1.00 bits per heavy atom. The summed E-state index contributed by atoms with van der Waals surface area (Å²) in [5.41, 5.74) is 0.833. The zero-order chi connectivity index (χ0) is 22.4. The lowest BCUT2D eigenvalue weighted by molar-refractivity contribution is -0.151. The van der Waals surface area contributed by atoms with E-state index in [4.69, 9.17) is 14.2 Å². The Labute approximate surface area is 181 Å². The van der Waals surface area contributed by atoms with E-state index in [1.54, 1.807) is 31.4 Å². The SMILES string of the molecule is COC(=O)c1ccccc1S(=O)(=O)N1CCC(C(=O)OCc2ccc(OC)cc2)CC1. The molecule has 1 fully saturated rings. The molecule has 8 nitrogen and oxygen atoms in total. The highest BCUT2D eigenvalue weighted by molar-refractivity contribution is 7.89. The van der Waals surface area contributed by atoms with Crippen LogP contribution in [0.2, 0.25) is 0 Å². The molecular formula is C22H25NO7S. The van der Waals surface area contributed by atoms with Crippen LogP contribution in [0.15, 0.2) is 53.4 Å². The Morgan fingerprint density at radius 3 is 2.26 bits per heavy atom. The van der Waals surface area contributed by atoms with Crippen molar-refractivity contribution in [2.45, 2.75) is 24.3 Å². The lowest BCUT2D eigenvalue weighted by Gasteiger charge is -2.30. The summed E-state index contributed by atoms with van der Waals surface area (Å²) in [7, 11) is -1.11. The molecule has 1 aliphatic rings.